The van der Waals surface area contributed by atoms with Gasteiger partial charge in [-0.3, -0.25) is 9.59 Å². The molecule has 0 aromatic carbocycles. The second-order valence-electron chi connectivity index (χ2n) is 6.58. The van der Waals surface area contributed by atoms with Gasteiger partial charge in [-0.2, -0.15) is 0 Å². The van der Waals surface area contributed by atoms with Gasteiger partial charge in [0, 0.05) is 12.5 Å². The Morgan fingerprint density at radius 2 is 1.50 bits per heavy atom. The number of hydrogen-bond acceptors (Lipinski definition) is 2. The maximum absolute atomic E-state index is 12.2. The molecule has 0 aliphatic heterocycles. The van der Waals surface area contributed by atoms with Crippen LogP contribution in [0.3, 0.4) is 0 Å². The largest absolute Gasteiger partial charge is 0.481 e. The van der Waals surface area contributed by atoms with E-state index in [0.29, 0.717) is 12.8 Å². The third-order valence-corrected chi connectivity index (χ3v) is 4.98. The van der Waals surface area contributed by atoms with Crippen molar-refractivity contribution in [2.24, 2.45) is 5.41 Å². The van der Waals surface area contributed by atoms with Gasteiger partial charge in [0.1, 0.15) is 0 Å². The number of rotatable bonds is 4. The number of aliphatic carboxylic acids is 1. The number of amides is 1. The number of nitrogens with one attached hydrogen (secondary N) is 1. The molecule has 2 saturated carbocycles. The van der Waals surface area contributed by atoms with Crippen molar-refractivity contribution in [1.82, 2.24) is 5.32 Å². The molecule has 2 rings (SSSR count). The second-order valence-corrected chi connectivity index (χ2v) is 6.58. The molecule has 0 atom stereocenters. The lowest BCUT2D eigenvalue weighted by atomic mass is 9.71. The molecule has 1 amide bonds. The Morgan fingerprint density at radius 3 is 2.05 bits per heavy atom. The molecule has 4 heteroatoms. The van der Waals surface area contributed by atoms with Crippen LogP contribution in [0, 0.1) is 5.41 Å². The molecule has 0 heterocycles. The smallest absolute Gasteiger partial charge is 0.310 e. The van der Waals surface area contributed by atoms with E-state index >= 15 is 0 Å². The molecule has 2 fully saturated rings. The predicted molar refractivity (Wildman–Crippen MR) is 77.4 cm³/mol. The molecule has 0 unspecified atom stereocenters. The van der Waals surface area contributed by atoms with Crippen LogP contribution in [0.1, 0.15) is 77.0 Å². The van der Waals surface area contributed by atoms with Crippen molar-refractivity contribution in [2.75, 3.05) is 0 Å². The van der Waals surface area contributed by atoms with Crippen molar-refractivity contribution in [3.63, 3.8) is 0 Å². The molecule has 0 aromatic rings. The molecule has 4 nitrogen and oxygen atoms in total. The van der Waals surface area contributed by atoms with Gasteiger partial charge in [-0.1, -0.05) is 44.9 Å². The fourth-order valence-electron chi connectivity index (χ4n) is 3.70. The monoisotopic (exact) mass is 281 g/mol. The summed E-state index contributed by atoms with van der Waals surface area (Å²) in [5, 5.41) is 12.6. The summed E-state index contributed by atoms with van der Waals surface area (Å²) in [4.78, 5) is 23.8. The van der Waals surface area contributed by atoms with Crippen molar-refractivity contribution < 1.29 is 14.7 Å². The molecular formula is C16H27NO3. The number of carboxylic acids is 1. The summed E-state index contributed by atoms with van der Waals surface area (Å²) in [6, 6.07) is 0.263. The van der Waals surface area contributed by atoms with Gasteiger partial charge in [-0.25, -0.2) is 0 Å². The first kappa shape index (κ1) is 15.3. The van der Waals surface area contributed by atoms with Crippen molar-refractivity contribution in [3.8, 4) is 0 Å². The molecule has 114 valence electrons. The van der Waals surface area contributed by atoms with Gasteiger partial charge in [0.15, 0.2) is 0 Å². The molecule has 2 N–H and O–H groups in total. The number of hydrogen-bond donors (Lipinski definition) is 2. The second kappa shape index (κ2) is 7.09. The molecule has 0 aromatic heterocycles. The van der Waals surface area contributed by atoms with Crippen LogP contribution in [0.2, 0.25) is 0 Å². The molecular weight excluding hydrogens is 254 g/mol. The first-order valence-electron chi connectivity index (χ1n) is 8.15. The fourth-order valence-corrected chi connectivity index (χ4v) is 3.70. The quantitative estimate of drug-likeness (QED) is 0.777. The van der Waals surface area contributed by atoms with Gasteiger partial charge in [0.2, 0.25) is 5.91 Å². The average Bonchev–Trinajstić information content (AvgIpc) is 2.68. The van der Waals surface area contributed by atoms with E-state index in [-0.39, 0.29) is 18.4 Å². The van der Waals surface area contributed by atoms with Crippen molar-refractivity contribution >= 4 is 11.9 Å². The topological polar surface area (TPSA) is 66.4 Å². The van der Waals surface area contributed by atoms with Gasteiger partial charge in [-0.05, 0) is 25.7 Å². The Bertz CT molecular complexity index is 340. The van der Waals surface area contributed by atoms with Crippen molar-refractivity contribution in [3.05, 3.63) is 0 Å². The zero-order valence-electron chi connectivity index (χ0n) is 12.3. The van der Waals surface area contributed by atoms with Crippen LogP contribution >= 0.6 is 0 Å². The van der Waals surface area contributed by atoms with Crippen molar-refractivity contribution in [1.29, 1.82) is 0 Å². The Kier molecular flexibility index (Phi) is 5.44. The summed E-state index contributed by atoms with van der Waals surface area (Å²) in [6.45, 7) is 0. The molecule has 20 heavy (non-hydrogen) atoms. The number of carbonyl (C=O) groups is 2. The zero-order chi connectivity index (χ0) is 14.4. The van der Waals surface area contributed by atoms with E-state index in [9.17, 15) is 14.7 Å². The van der Waals surface area contributed by atoms with E-state index in [1.165, 1.54) is 25.7 Å². The predicted octanol–water partition coefficient (Wildman–Crippen LogP) is 3.25. The van der Waals surface area contributed by atoms with Gasteiger partial charge >= 0.3 is 5.97 Å². The highest BCUT2D eigenvalue weighted by atomic mass is 16.4. The Hall–Kier alpha value is -1.06. The first-order chi connectivity index (χ1) is 9.62. The van der Waals surface area contributed by atoms with E-state index in [1.807, 2.05) is 0 Å². The minimum Gasteiger partial charge on any atom is -0.481 e. The third kappa shape index (κ3) is 3.97. The van der Waals surface area contributed by atoms with Crippen molar-refractivity contribution in [2.45, 2.75) is 83.1 Å². The first-order valence-corrected chi connectivity index (χ1v) is 8.15. The lowest BCUT2D eigenvalue weighted by molar-refractivity contribution is -0.154. The summed E-state index contributed by atoms with van der Waals surface area (Å²) in [5.74, 6) is -0.839. The average molecular weight is 281 g/mol. The number of carbonyl (C=O) groups excluding carboxylic acids is 1. The molecule has 0 saturated heterocycles. The highest BCUT2D eigenvalue weighted by Crippen LogP contribution is 2.39. The standard InChI is InChI=1S/C16H27NO3/c18-14(17-13-8-4-1-2-5-9-13)12-16(15(19)20)10-6-3-7-11-16/h13H,1-12H2,(H,17,18)(H,19,20). The maximum atomic E-state index is 12.2. The Balaban J connectivity index is 1.89. The van der Waals surface area contributed by atoms with E-state index in [0.717, 1.165) is 32.1 Å². The van der Waals surface area contributed by atoms with Crippen LogP contribution in [-0.4, -0.2) is 23.0 Å². The highest BCUT2D eigenvalue weighted by Gasteiger charge is 2.41. The van der Waals surface area contributed by atoms with Crippen LogP contribution in [0.25, 0.3) is 0 Å². The molecule has 0 spiro atoms. The summed E-state index contributed by atoms with van der Waals surface area (Å²) < 4.78 is 0. The normalized spacial score (nSPS) is 23.8. The molecule has 0 radical (unpaired) electrons. The maximum Gasteiger partial charge on any atom is 0.310 e. The summed E-state index contributed by atoms with van der Waals surface area (Å²) >= 11 is 0. The molecule has 2 aliphatic rings. The minimum atomic E-state index is -0.799. The SMILES string of the molecule is O=C(CC1(C(=O)O)CCCCC1)NC1CCCCCC1. The lowest BCUT2D eigenvalue weighted by Crippen LogP contribution is -2.42. The van der Waals surface area contributed by atoms with Crippen LogP contribution in [0.4, 0.5) is 0 Å². The number of carboxylic acid groups (broad SMARTS) is 1. The third-order valence-electron chi connectivity index (χ3n) is 4.98. The molecule has 0 bridgehead atoms. The Labute approximate surface area is 121 Å². The van der Waals surface area contributed by atoms with E-state index < -0.39 is 11.4 Å². The van der Waals surface area contributed by atoms with Crippen LogP contribution in [-0.2, 0) is 9.59 Å². The lowest BCUT2D eigenvalue weighted by Gasteiger charge is -2.33. The van der Waals surface area contributed by atoms with Crippen LogP contribution in [0.15, 0.2) is 0 Å². The zero-order valence-corrected chi connectivity index (χ0v) is 12.3. The highest BCUT2D eigenvalue weighted by molar-refractivity contribution is 5.85. The van der Waals surface area contributed by atoms with Gasteiger partial charge < -0.3 is 10.4 Å². The molecule has 2 aliphatic carbocycles. The van der Waals surface area contributed by atoms with Gasteiger partial charge in [0.05, 0.1) is 5.41 Å². The Morgan fingerprint density at radius 1 is 0.950 bits per heavy atom. The van der Waals surface area contributed by atoms with Gasteiger partial charge in [0.25, 0.3) is 0 Å². The fraction of sp³-hybridized carbons (Fsp3) is 0.875. The summed E-state index contributed by atoms with van der Waals surface area (Å²) in [6.07, 6.45) is 11.4. The van der Waals surface area contributed by atoms with E-state index in [2.05, 4.69) is 5.32 Å². The van der Waals surface area contributed by atoms with Gasteiger partial charge in [-0.15, -0.1) is 0 Å². The minimum absolute atomic E-state index is 0.0544. The summed E-state index contributed by atoms with van der Waals surface area (Å²) in [7, 11) is 0. The summed E-state index contributed by atoms with van der Waals surface area (Å²) in [5.41, 5.74) is -0.799. The van der Waals surface area contributed by atoms with E-state index in [4.69, 9.17) is 0 Å². The van der Waals surface area contributed by atoms with Crippen LogP contribution < -0.4 is 5.32 Å². The van der Waals surface area contributed by atoms with Crippen LogP contribution in [0.5, 0.6) is 0 Å². The van der Waals surface area contributed by atoms with E-state index in [1.54, 1.807) is 0 Å².